The van der Waals surface area contributed by atoms with E-state index in [1.54, 1.807) is 7.11 Å². The summed E-state index contributed by atoms with van der Waals surface area (Å²) in [6.45, 7) is 19.3. The maximum atomic E-state index is 13.2. The molecular formula is C25H44N3O3P. The van der Waals surface area contributed by atoms with Gasteiger partial charge < -0.3 is 14.2 Å². The molecule has 2 rings (SSSR count). The predicted molar refractivity (Wildman–Crippen MR) is 134 cm³/mol. The van der Waals surface area contributed by atoms with Gasteiger partial charge >= 0.3 is 0 Å². The zero-order chi connectivity index (χ0) is 24.0. The number of carbonyl (C=O) groups is 1. The topological polar surface area (TPSA) is 45.2 Å². The Balaban J connectivity index is 2.19. The van der Waals surface area contributed by atoms with Crippen LogP contribution >= 0.6 is 8.45 Å². The van der Waals surface area contributed by atoms with Gasteiger partial charge in [-0.05, 0) is 92.5 Å². The molecule has 1 heterocycles. The van der Waals surface area contributed by atoms with Crippen molar-refractivity contribution in [3.63, 3.8) is 0 Å². The fourth-order valence-corrected chi connectivity index (χ4v) is 6.95. The van der Waals surface area contributed by atoms with Crippen LogP contribution in [-0.2, 0) is 4.52 Å². The number of benzene rings is 1. The van der Waals surface area contributed by atoms with Crippen LogP contribution in [0.3, 0.4) is 0 Å². The van der Waals surface area contributed by atoms with Crippen LogP contribution in [0, 0.1) is 0 Å². The lowest BCUT2D eigenvalue weighted by Crippen LogP contribution is -2.44. The van der Waals surface area contributed by atoms with Crippen molar-refractivity contribution in [2.45, 2.75) is 98.4 Å². The molecule has 1 atom stereocenters. The zero-order valence-electron chi connectivity index (χ0n) is 21.5. The number of nitrogens with zero attached hydrogens (tertiary/aromatic N) is 3. The summed E-state index contributed by atoms with van der Waals surface area (Å²) < 4.78 is 17.0. The molecule has 1 aromatic rings. The largest absolute Gasteiger partial charge is 0.497 e. The SMILES string of the molecule is COc1ccc(C(=O)N2CCC[C@@H]2COP(N(C(C)C)C(C)C)N(C(C)C)C(C)C)cc1. The first kappa shape index (κ1) is 27.0. The Morgan fingerprint density at radius 1 is 0.969 bits per heavy atom. The number of likely N-dealkylation sites (tertiary alicyclic amines) is 1. The summed E-state index contributed by atoms with van der Waals surface area (Å²) in [5.74, 6) is 0.843. The van der Waals surface area contributed by atoms with Gasteiger partial charge in [0.25, 0.3) is 5.91 Å². The second kappa shape index (κ2) is 12.3. The zero-order valence-corrected chi connectivity index (χ0v) is 22.4. The molecule has 0 saturated carbocycles. The van der Waals surface area contributed by atoms with Gasteiger partial charge in [0.1, 0.15) is 5.75 Å². The van der Waals surface area contributed by atoms with Crippen molar-refractivity contribution in [2.24, 2.45) is 0 Å². The standard InChI is InChI=1S/C25H44N3O3P/c1-18(2)27(19(3)4)32(28(20(5)6)21(7)8)31-17-23-11-10-16-26(23)25(29)22-12-14-24(30-9)15-13-22/h12-15,18-21,23H,10-11,16-17H2,1-9H3/t23-/m1/s1. The van der Waals surface area contributed by atoms with Crippen LogP contribution in [0.4, 0.5) is 0 Å². The normalized spacial score (nSPS) is 17.2. The maximum absolute atomic E-state index is 13.2. The quantitative estimate of drug-likeness (QED) is 0.388. The molecule has 1 aliphatic heterocycles. The first-order valence-corrected chi connectivity index (χ1v) is 13.2. The number of hydrogen-bond donors (Lipinski definition) is 0. The average Bonchev–Trinajstić information content (AvgIpc) is 3.19. The summed E-state index contributed by atoms with van der Waals surface area (Å²) in [7, 11) is 0.688. The Morgan fingerprint density at radius 2 is 1.47 bits per heavy atom. The van der Waals surface area contributed by atoms with E-state index in [2.05, 4.69) is 64.7 Å². The first-order valence-electron chi connectivity index (χ1n) is 12.0. The third-order valence-corrected chi connectivity index (χ3v) is 8.89. The molecule has 32 heavy (non-hydrogen) atoms. The number of hydrogen-bond acceptors (Lipinski definition) is 5. The van der Waals surface area contributed by atoms with Gasteiger partial charge in [0.15, 0.2) is 8.45 Å². The highest BCUT2D eigenvalue weighted by Gasteiger charge is 2.37. The van der Waals surface area contributed by atoms with Gasteiger partial charge in [-0.3, -0.25) is 4.79 Å². The monoisotopic (exact) mass is 465 g/mol. The minimum absolute atomic E-state index is 0.0808. The van der Waals surface area contributed by atoms with Gasteiger partial charge in [-0.15, -0.1) is 0 Å². The summed E-state index contributed by atoms with van der Waals surface area (Å²) in [5.41, 5.74) is 0.705. The predicted octanol–water partition coefficient (Wildman–Crippen LogP) is 5.78. The van der Waals surface area contributed by atoms with E-state index in [0.717, 1.165) is 25.1 Å². The smallest absolute Gasteiger partial charge is 0.254 e. The van der Waals surface area contributed by atoms with E-state index in [1.165, 1.54) is 0 Å². The van der Waals surface area contributed by atoms with E-state index in [9.17, 15) is 4.79 Å². The Kier molecular flexibility index (Phi) is 10.4. The van der Waals surface area contributed by atoms with Crippen molar-refractivity contribution in [3.05, 3.63) is 29.8 Å². The van der Waals surface area contributed by atoms with E-state index in [4.69, 9.17) is 9.26 Å². The number of carbonyl (C=O) groups excluding carboxylic acids is 1. The van der Waals surface area contributed by atoms with Crippen molar-refractivity contribution in [1.82, 2.24) is 14.2 Å². The minimum atomic E-state index is -0.949. The van der Waals surface area contributed by atoms with E-state index in [1.807, 2.05) is 29.2 Å². The van der Waals surface area contributed by atoms with Crippen LogP contribution in [-0.4, -0.2) is 70.6 Å². The van der Waals surface area contributed by atoms with E-state index in [-0.39, 0.29) is 11.9 Å². The number of amides is 1. The van der Waals surface area contributed by atoms with E-state index in [0.29, 0.717) is 36.3 Å². The minimum Gasteiger partial charge on any atom is -0.497 e. The molecule has 0 bridgehead atoms. The van der Waals surface area contributed by atoms with Crippen LogP contribution in [0.1, 0.15) is 78.6 Å². The second-order valence-electron chi connectivity index (χ2n) is 9.71. The third-order valence-electron chi connectivity index (χ3n) is 5.87. The van der Waals surface area contributed by atoms with Crippen LogP contribution in [0.15, 0.2) is 24.3 Å². The summed E-state index contributed by atoms with van der Waals surface area (Å²) >= 11 is 0. The van der Waals surface area contributed by atoms with Gasteiger partial charge in [-0.1, -0.05) is 0 Å². The molecule has 0 spiro atoms. The molecule has 6 nitrogen and oxygen atoms in total. The van der Waals surface area contributed by atoms with Crippen molar-refractivity contribution in [2.75, 3.05) is 20.3 Å². The van der Waals surface area contributed by atoms with Crippen LogP contribution in [0.2, 0.25) is 0 Å². The van der Waals surface area contributed by atoms with E-state index >= 15 is 0 Å². The lowest BCUT2D eigenvalue weighted by Gasteiger charge is -2.46. The summed E-state index contributed by atoms with van der Waals surface area (Å²) in [4.78, 5) is 15.2. The highest BCUT2D eigenvalue weighted by molar-refractivity contribution is 7.47. The van der Waals surface area contributed by atoms with Crippen LogP contribution in [0.5, 0.6) is 5.75 Å². The lowest BCUT2D eigenvalue weighted by molar-refractivity contribution is 0.0679. The Hall–Kier alpha value is -1.20. The highest BCUT2D eigenvalue weighted by atomic mass is 31.2. The third kappa shape index (κ3) is 6.66. The lowest BCUT2D eigenvalue weighted by atomic mass is 10.1. The van der Waals surface area contributed by atoms with Crippen LogP contribution < -0.4 is 4.74 Å². The van der Waals surface area contributed by atoms with Crippen LogP contribution in [0.25, 0.3) is 0 Å². The fourth-order valence-electron chi connectivity index (χ4n) is 4.56. The Labute approximate surface area is 197 Å². The highest BCUT2D eigenvalue weighted by Crippen LogP contribution is 2.51. The Bertz CT molecular complexity index is 673. The summed E-state index contributed by atoms with van der Waals surface area (Å²) in [5, 5.41) is 0. The van der Waals surface area contributed by atoms with Gasteiger partial charge in [0, 0.05) is 36.3 Å². The average molecular weight is 466 g/mol. The number of ether oxygens (including phenoxy) is 1. The molecule has 182 valence electrons. The second-order valence-corrected chi connectivity index (χ2v) is 11.4. The molecule has 1 aromatic carbocycles. The summed E-state index contributed by atoms with van der Waals surface area (Å²) in [6, 6.07) is 9.01. The molecule has 0 unspecified atom stereocenters. The van der Waals surface area contributed by atoms with Gasteiger partial charge in [0.05, 0.1) is 19.8 Å². The van der Waals surface area contributed by atoms with E-state index < -0.39 is 8.45 Å². The molecule has 0 aliphatic carbocycles. The fraction of sp³-hybridized carbons (Fsp3) is 0.720. The number of methoxy groups -OCH3 is 1. The van der Waals surface area contributed by atoms with Crippen molar-refractivity contribution in [3.8, 4) is 5.75 Å². The first-order chi connectivity index (χ1) is 15.1. The van der Waals surface area contributed by atoms with Gasteiger partial charge in [0.2, 0.25) is 0 Å². The van der Waals surface area contributed by atoms with Crippen molar-refractivity contribution >= 4 is 14.4 Å². The van der Waals surface area contributed by atoms with Gasteiger partial charge in [-0.2, -0.15) is 0 Å². The molecule has 7 heteroatoms. The summed E-state index contributed by atoms with van der Waals surface area (Å²) in [6.07, 6.45) is 2.00. The van der Waals surface area contributed by atoms with Crippen molar-refractivity contribution in [1.29, 1.82) is 0 Å². The van der Waals surface area contributed by atoms with Gasteiger partial charge in [-0.25, -0.2) is 9.34 Å². The van der Waals surface area contributed by atoms with Crippen molar-refractivity contribution < 1.29 is 14.1 Å². The maximum Gasteiger partial charge on any atom is 0.254 e. The molecule has 1 aliphatic rings. The molecular weight excluding hydrogens is 421 g/mol. The number of rotatable bonds is 11. The molecule has 0 radical (unpaired) electrons. The molecule has 1 saturated heterocycles. The molecule has 0 aromatic heterocycles. The molecule has 1 fully saturated rings. The molecule has 1 amide bonds. The Morgan fingerprint density at radius 3 is 1.91 bits per heavy atom. The molecule has 0 N–H and O–H groups in total.